The molecular weight excluding hydrogens is 366 g/mol. The van der Waals surface area contributed by atoms with Gasteiger partial charge in [0, 0.05) is 26.2 Å². The number of imide groups is 1. The van der Waals surface area contributed by atoms with Gasteiger partial charge in [0.05, 0.1) is 43.5 Å². The second-order valence-corrected chi connectivity index (χ2v) is 6.88. The molecule has 1 aromatic carbocycles. The second-order valence-electron chi connectivity index (χ2n) is 6.88. The Balaban J connectivity index is 1.93. The van der Waals surface area contributed by atoms with Crippen molar-refractivity contribution in [2.45, 2.75) is 12.5 Å². The number of piperazine rings is 1. The van der Waals surface area contributed by atoms with E-state index in [0.717, 1.165) is 18.0 Å². The van der Waals surface area contributed by atoms with Gasteiger partial charge in [0.1, 0.15) is 0 Å². The summed E-state index contributed by atoms with van der Waals surface area (Å²) in [6, 6.07) is 3.52. The smallest absolute Gasteiger partial charge is 0.337 e. The molecular formula is C19H23N3O6. The number of hydrogen-bond acceptors (Lipinski definition) is 8. The maximum absolute atomic E-state index is 13.0. The van der Waals surface area contributed by atoms with Crippen molar-refractivity contribution in [2.24, 2.45) is 0 Å². The third kappa shape index (κ3) is 3.76. The molecule has 2 fully saturated rings. The van der Waals surface area contributed by atoms with Crippen LogP contribution in [0.25, 0.3) is 0 Å². The van der Waals surface area contributed by atoms with E-state index in [1.54, 1.807) is 0 Å². The molecule has 9 heteroatoms. The second kappa shape index (κ2) is 8.07. The molecule has 2 heterocycles. The summed E-state index contributed by atoms with van der Waals surface area (Å²) in [5.41, 5.74) is 0.281. The van der Waals surface area contributed by atoms with Crippen molar-refractivity contribution in [1.29, 1.82) is 0 Å². The van der Waals surface area contributed by atoms with E-state index in [9.17, 15) is 19.2 Å². The molecule has 3 rings (SSSR count). The lowest BCUT2D eigenvalue weighted by Gasteiger charge is -2.35. The van der Waals surface area contributed by atoms with Gasteiger partial charge in [-0.25, -0.2) is 14.5 Å². The number of rotatable bonds is 4. The number of nitrogens with zero attached hydrogens (tertiary/aromatic N) is 3. The molecule has 2 aliphatic rings. The van der Waals surface area contributed by atoms with Crippen molar-refractivity contribution in [3.63, 3.8) is 0 Å². The fourth-order valence-corrected chi connectivity index (χ4v) is 3.52. The van der Waals surface area contributed by atoms with Gasteiger partial charge in [-0.1, -0.05) is 0 Å². The zero-order chi connectivity index (χ0) is 20.4. The van der Waals surface area contributed by atoms with Gasteiger partial charge in [-0.2, -0.15) is 0 Å². The summed E-state index contributed by atoms with van der Waals surface area (Å²) in [6.45, 7) is 3.04. The minimum absolute atomic E-state index is 0.0593. The van der Waals surface area contributed by atoms with E-state index in [0.29, 0.717) is 13.1 Å². The number of esters is 2. The summed E-state index contributed by atoms with van der Waals surface area (Å²) >= 11 is 0. The molecule has 0 aliphatic carbocycles. The van der Waals surface area contributed by atoms with Crippen molar-refractivity contribution in [3.8, 4) is 0 Å². The SMILES string of the molecule is COC(=O)c1cc(C(=O)OC)cc(N2C(=O)C[C@H](N3CCN(C)CC3)C2=O)c1. The summed E-state index contributed by atoms with van der Waals surface area (Å²) in [4.78, 5) is 54.8. The Morgan fingerprint density at radius 1 is 0.929 bits per heavy atom. The first-order valence-corrected chi connectivity index (χ1v) is 8.96. The van der Waals surface area contributed by atoms with Crippen molar-refractivity contribution < 1.29 is 28.7 Å². The highest BCUT2D eigenvalue weighted by Crippen LogP contribution is 2.28. The zero-order valence-corrected chi connectivity index (χ0v) is 16.1. The van der Waals surface area contributed by atoms with E-state index < -0.39 is 18.0 Å². The van der Waals surface area contributed by atoms with Crippen molar-refractivity contribution in [3.05, 3.63) is 29.3 Å². The Labute approximate surface area is 162 Å². The highest BCUT2D eigenvalue weighted by atomic mass is 16.5. The number of likely N-dealkylation sites (N-methyl/N-ethyl adjacent to an activating group) is 1. The predicted molar refractivity (Wildman–Crippen MR) is 99.1 cm³/mol. The minimum Gasteiger partial charge on any atom is -0.465 e. The summed E-state index contributed by atoms with van der Waals surface area (Å²) < 4.78 is 9.42. The molecule has 2 amide bonds. The van der Waals surface area contributed by atoms with Crippen LogP contribution in [0, 0.1) is 0 Å². The lowest BCUT2D eigenvalue weighted by Crippen LogP contribution is -2.51. The van der Waals surface area contributed by atoms with Crippen LogP contribution in [0.15, 0.2) is 18.2 Å². The fourth-order valence-electron chi connectivity index (χ4n) is 3.52. The van der Waals surface area contributed by atoms with E-state index in [1.165, 1.54) is 32.4 Å². The minimum atomic E-state index is -0.679. The first-order valence-electron chi connectivity index (χ1n) is 8.96. The van der Waals surface area contributed by atoms with Gasteiger partial charge in [-0.3, -0.25) is 14.5 Å². The van der Waals surface area contributed by atoms with Gasteiger partial charge in [-0.05, 0) is 25.2 Å². The van der Waals surface area contributed by atoms with Gasteiger partial charge in [0.2, 0.25) is 5.91 Å². The quantitative estimate of drug-likeness (QED) is 0.530. The Morgan fingerprint density at radius 3 is 1.96 bits per heavy atom. The molecule has 9 nitrogen and oxygen atoms in total. The van der Waals surface area contributed by atoms with Crippen LogP contribution in [-0.4, -0.2) is 87.0 Å². The first kappa shape index (κ1) is 20.0. The molecule has 28 heavy (non-hydrogen) atoms. The van der Waals surface area contributed by atoms with Crippen molar-refractivity contribution in [1.82, 2.24) is 9.80 Å². The van der Waals surface area contributed by atoms with Crippen molar-refractivity contribution >= 4 is 29.4 Å². The molecule has 150 valence electrons. The molecule has 1 aromatic rings. The van der Waals surface area contributed by atoms with Crippen LogP contribution in [0.4, 0.5) is 5.69 Å². The van der Waals surface area contributed by atoms with Gasteiger partial charge in [0.25, 0.3) is 5.91 Å². The summed E-state index contributed by atoms with van der Waals surface area (Å²) in [7, 11) is 4.43. The molecule has 0 bridgehead atoms. The van der Waals surface area contributed by atoms with Gasteiger partial charge in [0.15, 0.2) is 0 Å². The summed E-state index contributed by atoms with van der Waals surface area (Å²) in [5.74, 6) is -2.08. The number of hydrogen-bond donors (Lipinski definition) is 0. The lowest BCUT2D eigenvalue weighted by atomic mass is 10.1. The Morgan fingerprint density at radius 2 is 1.46 bits per heavy atom. The molecule has 0 radical (unpaired) electrons. The monoisotopic (exact) mass is 389 g/mol. The number of benzene rings is 1. The highest BCUT2D eigenvalue weighted by molar-refractivity contribution is 6.23. The Hall–Kier alpha value is -2.78. The first-order chi connectivity index (χ1) is 13.3. The van der Waals surface area contributed by atoms with Gasteiger partial charge < -0.3 is 14.4 Å². The lowest BCUT2D eigenvalue weighted by molar-refractivity contribution is -0.123. The van der Waals surface area contributed by atoms with E-state index in [2.05, 4.69) is 4.90 Å². The number of carbonyl (C=O) groups excluding carboxylic acids is 4. The van der Waals surface area contributed by atoms with Gasteiger partial charge in [-0.15, -0.1) is 0 Å². The largest absolute Gasteiger partial charge is 0.465 e. The molecule has 0 N–H and O–H groups in total. The van der Waals surface area contributed by atoms with Crippen LogP contribution >= 0.6 is 0 Å². The average Bonchev–Trinajstić information content (AvgIpc) is 3.00. The third-order valence-corrected chi connectivity index (χ3v) is 5.12. The van der Waals surface area contributed by atoms with E-state index >= 15 is 0 Å². The molecule has 0 spiro atoms. The molecule has 1 atom stereocenters. The van der Waals surface area contributed by atoms with Crippen LogP contribution < -0.4 is 4.90 Å². The van der Waals surface area contributed by atoms with E-state index in [-0.39, 0.29) is 35.0 Å². The van der Waals surface area contributed by atoms with Crippen LogP contribution in [-0.2, 0) is 19.1 Å². The summed E-state index contributed by atoms with van der Waals surface area (Å²) in [5, 5.41) is 0. The van der Waals surface area contributed by atoms with Crippen LogP contribution in [0.5, 0.6) is 0 Å². The topological polar surface area (TPSA) is 96.5 Å². The molecule has 0 aromatic heterocycles. The highest BCUT2D eigenvalue weighted by Gasteiger charge is 2.43. The normalized spacial score (nSPS) is 21.1. The standard InChI is InChI=1S/C19H23N3O6/c1-20-4-6-21(7-5-20)15-11-16(23)22(17(15)24)14-9-12(18(25)27-2)8-13(10-14)19(26)28-3/h8-10,15H,4-7,11H2,1-3H3/t15-/m0/s1. The number of methoxy groups -OCH3 is 2. The zero-order valence-electron chi connectivity index (χ0n) is 16.1. The van der Waals surface area contributed by atoms with E-state index in [4.69, 9.17) is 9.47 Å². The average molecular weight is 389 g/mol. The number of amides is 2. The third-order valence-electron chi connectivity index (χ3n) is 5.12. The number of carbonyl (C=O) groups is 4. The number of ether oxygens (including phenoxy) is 2. The van der Waals surface area contributed by atoms with E-state index in [1.807, 2.05) is 11.9 Å². The van der Waals surface area contributed by atoms with Crippen molar-refractivity contribution in [2.75, 3.05) is 52.3 Å². The maximum atomic E-state index is 13.0. The molecule has 0 unspecified atom stereocenters. The number of anilines is 1. The van der Waals surface area contributed by atoms with Crippen LogP contribution in [0.2, 0.25) is 0 Å². The summed E-state index contributed by atoms with van der Waals surface area (Å²) in [6.07, 6.45) is 0.0680. The van der Waals surface area contributed by atoms with Crippen LogP contribution in [0.1, 0.15) is 27.1 Å². The fraction of sp³-hybridized carbons (Fsp3) is 0.474. The maximum Gasteiger partial charge on any atom is 0.337 e. The molecule has 0 saturated carbocycles. The molecule has 2 aliphatic heterocycles. The Bertz CT molecular complexity index is 782. The molecule has 2 saturated heterocycles. The van der Waals surface area contributed by atoms with Crippen LogP contribution in [0.3, 0.4) is 0 Å². The predicted octanol–water partition coefficient (Wildman–Crippen LogP) is 0.139. The Kier molecular flexibility index (Phi) is 5.76. The van der Waals surface area contributed by atoms with Gasteiger partial charge >= 0.3 is 11.9 Å².